The normalized spacial score (nSPS) is 12.3. The Balaban J connectivity index is 0.00000171. The molecule has 0 bridgehead atoms. The van der Waals surface area contributed by atoms with Gasteiger partial charge in [0, 0.05) is 0 Å². The molecule has 4 aromatic rings. The molecule has 0 aromatic heterocycles. The van der Waals surface area contributed by atoms with E-state index in [1.54, 1.807) is 20.0 Å². The molecule has 0 aliphatic heterocycles. The summed E-state index contributed by atoms with van der Waals surface area (Å²) in [7, 11) is 0. The van der Waals surface area contributed by atoms with Crippen LogP contribution >= 0.6 is 0 Å². The van der Waals surface area contributed by atoms with Crippen molar-refractivity contribution in [3.8, 4) is 22.3 Å². The van der Waals surface area contributed by atoms with Crippen molar-refractivity contribution in [3.63, 3.8) is 0 Å². The van der Waals surface area contributed by atoms with Crippen molar-refractivity contribution in [2.45, 2.75) is 12.8 Å². The van der Waals surface area contributed by atoms with Crippen molar-refractivity contribution in [1.29, 1.82) is 0 Å². The molecule has 2 heteroatoms. The Kier molecular flexibility index (Phi) is 4.41. The quantitative estimate of drug-likeness (QED) is 0.392. The van der Waals surface area contributed by atoms with E-state index >= 15 is 0 Å². The molecule has 0 spiro atoms. The van der Waals surface area contributed by atoms with Crippen LogP contribution in [0.1, 0.15) is 22.3 Å². The fraction of sp³-hybridized carbons (Fsp3) is 0.0769. The fourth-order valence-corrected chi connectivity index (χ4v) is 6.42. The molecule has 0 radical (unpaired) electrons. The summed E-state index contributed by atoms with van der Waals surface area (Å²) in [5.74, 6) is 0. The number of hydrogen-bond acceptors (Lipinski definition) is 0. The van der Waals surface area contributed by atoms with E-state index in [0.29, 0.717) is 0 Å². The molecular formula is C26H18AlCl. The summed E-state index contributed by atoms with van der Waals surface area (Å²) in [6.07, 6.45) is 2.17. The zero-order valence-electron chi connectivity index (χ0n) is 15.5. The van der Waals surface area contributed by atoms with Crippen LogP contribution in [0.3, 0.4) is 0 Å². The minimum atomic E-state index is 0. The van der Waals surface area contributed by atoms with E-state index in [1.165, 1.54) is 33.4 Å². The van der Waals surface area contributed by atoms with E-state index in [0.717, 1.165) is 12.8 Å². The molecule has 0 unspecified atom stereocenters. The van der Waals surface area contributed by atoms with Gasteiger partial charge in [-0.1, -0.05) is 0 Å². The Morgan fingerprint density at radius 1 is 0.464 bits per heavy atom. The van der Waals surface area contributed by atoms with Crippen LogP contribution in [-0.2, 0) is 12.8 Å². The van der Waals surface area contributed by atoms with Gasteiger partial charge < -0.3 is 12.4 Å². The maximum absolute atomic E-state index is 2.36. The minimum absolute atomic E-state index is 0. The molecule has 6 rings (SSSR count). The second-order valence-electron chi connectivity index (χ2n) is 7.56. The summed E-state index contributed by atoms with van der Waals surface area (Å²) in [6.45, 7) is 0. The average molecular weight is 393 g/mol. The Morgan fingerprint density at radius 2 is 0.893 bits per heavy atom. The molecule has 0 saturated carbocycles. The van der Waals surface area contributed by atoms with E-state index in [-0.39, 0.29) is 27.6 Å². The number of rotatable bonds is 2. The summed E-state index contributed by atoms with van der Waals surface area (Å²) in [6, 6.07) is 31.6. The van der Waals surface area contributed by atoms with Crippen molar-refractivity contribution in [2.75, 3.05) is 0 Å². The van der Waals surface area contributed by atoms with Gasteiger partial charge in [0.05, 0.1) is 0 Å². The summed E-state index contributed by atoms with van der Waals surface area (Å²) >= 11 is 0.105. The average Bonchev–Trinajstić information content (AvgIpc) is 3.28. The van der Waals surface area contributed by atoms with Crippen LogP contribution in [0, 0.1) is 0 Å². The van der Waals surface area contributed by atoms with Gasteiger partial charge in [-0.15, -0.1) is 0 Å². The Labute approximate surface area is 178 Å². The van der Waals surface area contributed by atoms with Crippen LogP contribution < -0.4 is 21.3 Å². The fourth-order valence-electron chi connectivity index (χ4n) is 4.80. The second-order valence-corrected chi connectivity index (χ2v) is 9.09. The van der Waals surface area contributed by atoms with Crippen LogP contribution in [0.4, 0.5) is 0 Å². The predicted molar refractivity (Wildman–Crippen MR) is 114 cm³/mol. The Bertz CT molecular complexity index is 1110. The van der Waals surface area contributed by atoms with Gasteiger partial charge in [-0.3, -0.25) is 0 Å². The van der Waals surface area contributed by atoms with Gasteiger partial charge >= 0.3 is 166 Å². The van der Waals surface area contributed by atoms with Gasteiger partial charge in [0.25, 0.3) is 0 Å². The molecule has 0 saturated heterocycles. The summed E-state index contributed by atoms with van der Waals surface area (Å²) < 4.78 is 3.13. The Hall–Kier alpha value is -2.30. The monoisotopic (exact) mass is 392 g/mol. The molecule has 2 aliphatic rings. The topological polar surface area (TPSA) is 0 Å². The van der Waals surface area contributed by atoms with E-state index in [1.807, 2.05) is 0 Å². The van der Waals surface area contributed by atoms with Crippen molar-refractivity contribution < 1.29 is 12.4 Å². The zero-order valence-corrected chi connectivity index (χ0v) is 17.4. The third-order valence-electron chi connectivity index (χ3n) is 6.09. The van der Waals surface area contributed by atoms with Gasteiger partial charge in [-0.2, -0.15) is 0 Å². The van der Waals surface area contributed by atoms with Gasteiger partial charge in [0.2, 0.25) is 0 Å². The first-order valence-electron chi connectivity index (χ1n) is 9.63. The van der Waals surface area contributed by atoms with Crippen LogP contribution in [0.25, 0.3) is 22.3 Å². The molecule has 0 nitrogen and oxygen atoms in total. The molecule has 132 valence electrons. The van der Waals surface area contributed by atoms with Crippen molar-refractivity contribution >= 4 is 24.1 Å². The Morgan fingerprint density at radius 3 is 1.39 bits per heavy atom. The molecule has 28 heavy (non-hydrogen) atoms. The maximum atomic E-state index is 2.36. The van der Waals surface area contributed by atoms with Crippen LogP contribution in [0.2, 0.25) is 0 Å². The first kappa shape index (κ1) is 17.8. The molecule has 0 heterocycles. The number of benzene rings is 4. The zero-order chi connectivity index (χ0) is 17.8. The van der Waals surface area contributed by atoms with Crippen LogP contribution in [-0.4, -0.2) is 15.2 Å². The number of halogens is 1. The van der Waals surface area contributed by atoms with E-state index in [4.69, 9.17) is 0 Å². The molecule has 2 aliphatic carbocycles. The third kappa shape index (κ3) is 2.67. The van der Waals surface area contributed by atoms with Crippen molar-refractivity contribution in [2.24, 2.45) is 0 Å². The van der Waals surface area contributed by atoms with E-state index in [2.05, 4.69) is 84.9 Å². The van der Waals surface area contributed by atoms with Crippen LogP contribution in [0.5, 0.6) is 0 Å². The molecule has 0 atom stereocenters. The van der Waals surface area contributed by atoms with E-state index in [9.17, 15) is 0 Å². The SMILES string of the molecule is [Cl-].c1ccc2c(c1)Cc1[c]([Al+][c]3cccc4c3Cc3ccccc3-4)cccc1-2. The van der Waals surface area contributed by atoms with Crippen molar-refractivity contribution in [3.05, 3.63) is 107 Å². The van der Waals surface area contributed by atoms with Gasteiger partial charge in [0.1, 0.15) is 0 Å². The molecule has 0 N–H and O–H groups in total. The first-order chi connectivity index (χ1) is 13.4. The van der Waals surface area contributed by atoms with Crippen molar-refractivity contribution in [1.82, 2.24) is 0 Å². The molecule has 4 aromatic carbocycles. The molecule has 0 fully saturated rings. The van der Waals surface area contributed by atoms with Gasteiger partial charge in [-0.05, 0) is 0 Å². The van der Waals surface area contributed by atoms with Crippen LogP contribution in [0.15, 0.2) is 84.9 Å². The molecular weight excluding hydrogens is 375 g/mol. The summed E-state index contributed by atoms with van der Waals surface area (Å²) in [5.41, 5.74) is 11.8. The first-order valence-corrected chi connectivity index (χ1v) is 10.8. The third-order valence-corrected chi connectivity index (χ3v) is 7.79. The standard InChI is InChI=1S/2C13H9.Al.ClH/c2*1-3-7-12-10(5-1)9-11-6-2-4-8-13(11)12;;/h2*1-5,7-8H,9H2;;1H/q;;+1;/p-1. The summed E-state index contributed by atoms with van der Waals surface area (Å²) in [4.78, 5) is 0. The molecule has 0 amide bonds. The van der Waals surface area contributed by atoms with E-state index < -0.39 is 0 Å². The summed E-state index contributed by atoms with van der Waals surface area (Å²) in [5, 5.41) is 0. The number of hydrogen-bond donors (Lipinski definition) is 0. The number of fused-ring (bicyclic) bond motifs is 6. The van der Waals surface area contributed by atoms with Gasteiger partial charge in [-0.25, -0.2) is 0 Å². The second kappa shape index (κ2) is 6.94. The van der Waals surface area contributed by atoms with Gasteiger partial charge in [0.15, 0.2) is 0 Å². The predicted octanol–water partition coefficient (Wildman–Crippen LogP) is 1.49.